The number of thioether (sulfide) groups is 1. The zero-order chi connectivity index (χ0) is 22.1. The van der Waals surface area contributed by atoms with Crippen LogP contribution in [-0.4, -0.2) is 42.6 Å². The van der Waals surface area contributed by atoms with Crippen LogP contribution in [0.25, 0.3) is 0 Å². The fourth-order valence-electron chi connectivity index (χ4n) is 2.82. The number of rotatable bonds is 6. The maximum Gasteiger partial charge on any atom is 0.233 e. The molecule has 0 unspecified atom stereocenters. The second-order valence-electron chi connectivity index (χ2n) is 6.92. The van der Waals surface area contributed by atoms with Gasteiger partial charge < -0.3 is 5.73 Å². The van der Waals surface area contributed by atoms with Gasteiger partial charge in [0.1, 0.15) is 17.1 Å². The van der Waals surface area contributed by atoms with Gasteiger partial charge in [0.05, 0.1) is 18.6 Å². The molecule has 30 heavy (non-hydrogen) atoms. The topological polar surface area (TPSA) is 119 Å². The number of carbonyl (C=O) groups excluding carboxylic acids is 1. The summed E-state index contributed by atoms with van der Waals surface area (Å²) in [7, 11) is -2.14. The van der Waals surface area contributed by atoms with E-state index in [4.69, 9.17) is 5.73 Å². The van der Waals surface area contributed by atoms with E-state index in [0.29, 0.717) is 16.3 Å². The lowest BCUT2D eigenvalue weighted by Crippen LogP contribution is -2.26. The van der Waals surface area contributed by atoms with Crippen LogP contribution in [0.2, 0.25) is 0 Å². The average molecular weight is 450 g/mol. The molecule has 1 atom stereocenters. The fraction of sp³-hybridized carbons (Fsp3) is 0.263. The number of nitrogens with two attached hydrogens (primary N) is 1. The number of anilines is 1. The second kappa shape index (κ2) is 8.15. The predicted molar refractivity (Wildman–Crippen MR) is 115 cm³/mol. The first-order valence-electron chi connectivity index (χ1n) is 8.77. The molecule has 1 aromatic carbocycles. The molecule has 2 aromatic rings. The SMILES string of the molecule is CN(c1cnc(C(=O)Cc2ccc(F)c([C@]3(C)C=CSC(N)=N3)c2)cn1)S(C)(=O)=O. The van der Waals surface area contributed by atoms with E-state index in [9.17, 15) is 17.6 Å². The maximum atomic E-state index is 14.5. The van der Waals surface area contributed by atoms with Crippen LogP contribution in [0.4, 0.5) is 10.2 Å². The fourth-order valence-corrected chi connectivity index (χ4v) is 3.97. The van der Waals surface area contributed by atoms with Crippen molar-refractivity contribution in [2.45, 2.75) is 18.9 Å². The van der Waals surface area contributed by atoms with Crippen molar-refractivity contribution >= 4 is 38.6 Å². The number of aliphatic imine (C=N–C) groups is 1. The molecule has 0 fully saturated rings. The monoisotopic (exact) mass is 449 g/mol. The van der Waals surface area contributed by atoms with E-state index in [1.165, 1.54) is 43.3 Å². The molecule has 11 heteroatoms. The van der Waals surface area contributed by atoms with Gasteiger partial charge in [0.15, 0.2) is 16.8 Å². The molecule has 2 N–H and O–H groups in total. The lowest BCUT2D eigenvalue weighted by molar-refractivity contribution is 0.0987. The summed E-state index contributed by atoms with van der Waals surface area (Å²) in [5.41, 5.74) is 5.79. The van der Waals surface area contributed by atoms with E-state index < -0.39 is 21.4 Å². The van der Waals surface area contributed by atoms with Gasteiger partial charge in [0, 0.05) is 19.0 Å². The van der Waals surface area contributed by atoms with E-state index in [0.717, 1.165) is 10.6 Å². The van der Waals surface area contributed by atoms with Gasteiger partial charge in [0.25, 0.3) is 0 Å². The van der Waals surface area contributed by atoms with E-state index in [2.05, 4.69) is 15.0 Å². The number of hydrogen-bond acceptors (Lipinski definition) is 8. The molecule has 0 saturated heterocycles. The maximum absolute atomic E-state index is 14.5. The largest absolute Gasteiger partial charge is 0.378 e. The molecule has 3 rings (SSSR count). The van der Waals surface area contributed by atoms with Gasteiger partial charge in [-0.15, -0.1) is 0 Å². The Balaban J connectivity index is 1.83. The molecule has 1 aliphatic heterocycles. The zero-order valence-electron chi connectivity index (χ0n) is 16.5. The number of ketones is 1. The number of benzene rings is 1. The van der Waals surface area contributed by atoms with Crippen molar-refractivity contribution in [2.24, 2.45) is 10.7 Å². The molecule has 0 bridgehead atoms. The Morgan fingerprint density at radius 1 is 1.30 bits per heavy atom. The van der Waals surface area contributed by atoms with Crippen LogP contribution in [-0.2, 0) is 22.0 Å². The summed E-state index contributed by atoms with van der Waals surface area (Å²) in [6.45, 7) is 1.74. The van der Waals surface area contributed by atoms with Gasteiger partial charge >= 0.3 is 0 Å². The number of sulfonamides is 1. The van der Waals surface area contributed by atoms with Crippen molar-refractivity contribution in [3.8, 4) is 0 Å². The first-order valence-corrected chi connectivity index (χ1v) is 11.5. The van der Waals surface area contributed by atoms with Gasteiger partial charge in [-0.25, -0.2) is 27.8 Å². The third kappa shape index (κ3) is 4.68. The average Bonchev–Trinajstić information content (AvgIpc) is 2.68. The normalized spacial score (nSPS) is 18.7. The number of aromatic nitrogens is 2. The molecular weight excluding hydrogens is 429 g/mol. The molecule has 1 aliphatic rings. The quantitative estimate of drug-likeness (QED) is 0.672. The number of hydrogen-bond donors (Lipinski definition) is 1. The molecule has 0 saturated carbocycles. The van der Waals surface area contributed by atoms with E-state index >= 15 is 0 Å². The van der Waals surface area contributed by atoms with Crippen LogP contribution in [0.5, 0.6) is 0 Å². The van der Waals surface area contributed by atoms with Gasteiger partial charge in [-0.3, -0.25) is 9.10 Å². The van der Waals surface area contributed by atoms with Crippen LogP contribution >= 0.6 is 11.8 Å². The van der Waals surface area contributed by atoms with Gasteiger partial charge in [-0.05, 0) is 36.1 Å². The molecule has 0 aliphatic carbocycles. The third-order valence-electron chi connectivity index (χ3n) is 4.61. The van der Waals surface area contributed by atoms with Crippen molar-refractivity contribution < 1.29 is 17.6 Å². The highest BCUT2D eigenvalue weighted by molar-refractivity contribution is 8.16. The first-order chi connectivity index (χ1) is 14.0. The summed E-state index contributed by atoms with van der Waals surface area (Å²) >= 11 is 1.25. The van der Waals surface area contributed by atoms with Gasteiger partial charge in [0.2, 0.25) is 10.0 Å². The Morgan fingerprint density at radius 2 is 2.03 bits per heavy atom. The predicted octanol–water partition coefficient (Wildman–Crippen LogP) is 2.23. The number of nitrogens with zero attached hydrogens (tertiary/aromatic N) is 4. The smallest absolute Gasteiger partial charge is 0.233 e. The van der Waals surface area contributed by atoms with Crippen LogP contribution in [0, 0.1) is 5.82 Å². The Hall–Kier alpha value is -2.79. The van der Waals surface area contributed by atoms with Crippen LogP contribution < -0.4 is 10.0 Å². The zero-order valence-corrected chi connectivity index (χ0v) is 18.2. The van der Waals surface area contributed by atoms with Crippen molar-refractivity contribution in [1.82, 2.24) is 9.97 Å². The van der Waals surface area contributed by atoms with Crippen molar-refractivity contribution in [3.63, 3.8) is 0 Å². The van der Waals surface area contributed by atoms with E-state index in [-0.39, 0.29) is 23.7 Å². The molecular formula is C19H20FN5O3S2. The summed E-state index contributed by atoms with van der Waals surface area (Å²) in [4.78, 5) is 25.0. The number of carbonyl (C=O) groups is 1. The minimum atomic E-state index is -3.48. The van der Waals surface area contributed by atoms with Gasteiger partial charge in [-0.1, -0.05) is 17.8 Å². The summed E-state index contributed by atoms with van der Waals surface area (Å²) < 4.78 is 38.6. The highest BCUT2D eigenvalue weighted by Gasteiger charge is 2.29. The Kier molecular flexibility index (Phi) is 5.95. The Bertz CT molecular complexity index is 1150. The van der Waals surface area contributed by atoms with Crippen molar-refractivity contribution in [2.75, 3.05) is 17.6 Å². The highest BCUT2D eigenvalue weighted by atomic mass is 32.2. The lowest BCUT2D eigenvalue weighted by Gasteiger charge is -2.26. The lowest BCUT2D eigenvalue weighted by atomic mass is 9.90. The second-order valence-corrected chi connectivity index (χ2v) is 9.86. The standard InChI is InChI=1S/C19H20FN5O3S2/c1-19(6-7-29-18(21)24-19)13-8-12(4-5-14(13)20)9-16(26)15-10-23-17(11-22-15)25(2)30(3,27)28/h4-8,10-11H,9H2,1-3H3,(H2,21,24)/t19-/m0/s1. The molecule has 0 spiro atoms. The summed E-state index contributed by atoms with van der Waals surface area (Å²) in [5.74, 6) is -0.685. The van der Waals surface area contributed by atoms with Crippen LogP contribution in [0.1, 0.15) is 28.5 Å². The van der Waals surface area contributed by atoms with E-state index in [1.54, 1.807) is 24.5 Å². The summed E-state index contributed by atoms with van der Waals surface area (Å²) in [5, 5.41) is 2.08. The molecule has 2 heterocycles. The molecule has 0 amide bonds. The first kappa shape index (κ1) is 21.9. The van der Waals surface area contributed by atoms with E-state index in [1.807, 2.05) is 0 Å². The summed E-state index contributed by atoms with van der Waals surface area (Å²) in [6.07, 6.45) is 5.19. The molecule has 0 radical (unpaired) electrons. The van der Waals surface area contributed by atoms with Crippen molar-refractivity contribution in [1.29, 1.82) is 0 Å². The number of amidine groups is 1. The van der Waals surface area contributed by atoms with Crippen LogP contribution in [0.15, 0.2) is 47.1 Å². The number of halogens is 1. The molecule has 1 aromatic heterocycles. The minimum absolute atomic E-state index is 0.0308. The highest BCUT2D eigenvalue weighted by Crippen LogP contribution is 2.34. The number of Topliss-reactive ketones (excluding diaryl/α,β-unsaturated/α-hetero) is 1. The Labute approximate surface area is 178 Å². The van der Waals surface area contributed by atoms with Crippen LogP contribution in [0.3, 0.4) is 0 Å². The van der Waals surface area contributed by atoms with Gasteiger partial charge in [-0.2, -0.15) is 0 Å². The molecule has 8 nitrogen and oxygen atoms in total. The van der Waals surface area contributed by atoms with Crippen molar-refractivity contribution in [3.05, 3.63) is 64.7 Å². The Morgan fingerprint density at radius 3 is 2.63 bits per heavy atom. The minimum Gasteiger partial charge on any atom is -0.378 e. The molecule has 158 valence electrons. The third-order valence-corrected chi connectivity index (χ3v) is 6.40. The summed E-state index contributed by atoms with van der Waals surface area (Å²) in [6, 6.07) is 4.40.